The summed E-state index contributed by atoms with van der Waals surface area (Å²) in [7, 11) is 0. The van der Waals surface area contributed by atoms with Gasteiger partial charge in [0.2, 0.25) is 0 Å². The molecule has 2 fully saturated rings. The smallest absolute Gasteiger partial charge is 0.410 e. The van der Waals surface area contributed by atoms with Crippen LogP contribution >= 0.6 is 40.5 Å². The van der Waals surface area contributed by atoms with Crippen molar-refractivity contribution in [2.45, 2.75) is 103 Å². The van der Waals surface area contributed by atoms with Crippen LogP contribution in [0.25, 0.3) is 22.3 Å². The first-order valence-corrected chi connectivity index (χ1v) is 16.5. The summed E-state index contributed by atoms with van der Waals surface area (Å²) < 4.78 is 11.1. The molecule has 0 spiro atoms. The molecule has 4 aromatic rings. The molecule has 0 unspecified atom stereocenters. The molecule has 1 saturated heterocycles. The number of rotatable bonds is 4. The minimum absolute atomic E-state index is 0. The van der Waals surface area contributed by atoms with E-state index in [1.807, 2.05) is 90.2 Å². The summed E-state index contributed by atoms with van der Waals surface area (Å²) in [6, 6.07) is 13.9. The van der Waals surface area contributed by atoms with E-state index >= 15 is 0 Å². The van der Waals surface area contributed by atoms with Crippen molar-refractivity contribution in [3.05, 3.63) is 71.4 Å². The lowest BCUT2D eigenvalue weighted by atomic mass is 10.0. The summed E-state index contributed by atoms with van der Waals surface area (Å²) in [5.41, 5.74) is 4.36. The van der Waals surface area contributed by atoms with Crippen LogP contribution in [-0.2, 0) is 9.47 Å². The highest BCUT2D eigenvalue weighted by atomic mass is 32.1. The molecule has 0 radical (unpaired) electrons. The average molecular weight is 739 g/mol. The molecule has 3 N–H and O–H groups in total. The molecular formula is C37H50N6O4S3. The number of alkyl carbamates (subject to hydrolysis) is 1. The number of ether oxygens (including phenoxy) is 2. The highest BCUT2D eigenvalue weighted by Crippen LogP contribution is 2.35. The van der Waals surface area contributed by atoms with Gasteiger partial charge in [0.1, 0.15) is 22.9 Å². The number of amides is 2. The molecule has 1 aliphatic heterocycles. The number of aromatic nitrogens is 4. The van der Waals surface area contributed by atoms with E-state index in [1.54, 1.807) is 4.90 Å². The minimum atomic E-state index is -0.544. The highest BCUT2D eigenvalue weighted by molar-refractivity contribution is 7.59. The Morgan fingerprint density at radius 2 is 1.52 bits per heavy atom. The second-order valence-electron chi connectivity index (χ2n) is 14.5. The Bertz CT molecular complexity index is 1830. The number of hydrogen-bond acceptors (Lipinski definition) is 6. The molecule has 10 nitrogen and oxygen atoms in total. The fraction of sp³-hybridized carbons (Fsp3) is 0.459. The lowest BCUT2D eigenvalue weighted by Crippen LogP contribution is -2.40. The number of hydrogen-bond donors (Lipinski definition) is 3. The highest BCUT2D eigenvalue weighted by Gasteiger charge is 2.35. The second kappa shape index (κ2) is 16.5. The third kappa shape index (κ3) is 9.95. The van der Waals surface area contributed by atoms with Crippen LogP contribution in [0.3, 0.4) is 0 Å². The first-order valence-electron chi connectivity index (χ1n) is 16.5. The zero-order chi connectivity index (χ0) is 33.3. The molecular weight excluding hydrogens is 689 g/mol. The predicted molar refractivity (Wildman–Crippen MR) is 212 cm³/mol. The molecule has 1 saturated carbocycles. The van der Waals surface area contributed by atoms with Crippen LogP contribution in [0.1, 0.15) is 108 Å². The number of carbonyl (C=O) groups is 2. The Balaban J connectivity index is 0.00000225. The van der Waals surface area contributed by atoms with E-state index in [-0.39, 0.29) is 70.7 Å². The number of carbonyl (C=O) groups excluding carboxylic acids is 2. The molecule has 2 aliphatic rings. The van der Waals surface area contributed by atoms with E-state index in [2.05, 4.69) is 32.1 Å². The Kier molecular flexibility index (Phi) is 13.5. The van der Waals surface area contributed by atoms with Crippen LogP contribution in [0.4, 0.5) is 9.59 Å². The lowest BCUT2D eigenvalue weighted by molar-refractivity contribution is 0.0218. The molecule has 2 aromatic carbocycles. The Morgan fingerprint density at radius 3 is 2.22 bits per heavy atom. The summed E-state index contributed by atoms with van der Waals surface area (Å²) in [6.45, 7) is 11.9. The molecule has 3 atom stereocenters. The van der Waals surface area contributed by atoms with Gasteiger partial charge in [-0.25, -0.2) is 19.6 Å². The van der Waals surface area contributed by atoms with Crippen molar-refractivity contribution in [3.63, 3.8) is 0 Å². The molecule has 270 valence electrons. The van der Waals surface area contributed by atoms with E-state index in [4.69, 9.17) is 14.5 Å². The fourth-order valence-corrected chi connectivity index (χ4v) is 6.32. The summed E-state index contributed by atoms with van der Waals surface area (Å²) in [5, 5.41) is 3.04. The van der Waals surface area contributed by atoms with Gasteiger partial charge in [0.05, 0.1) is 29.0 Å². The number of H-pyrrole nitrogens is 2. The number of imidazole rings is 2. The third-order valence-electron chi connectivity index (χ3n) is 8.41. The van der Waals surface area contributed by atoms with Crippen molar-refractivity contribution in [1.82, 2.24) is 30.2 Å². The zero-order valence-electron chi connectivity index (χ0n) is 29.6. The van der Waals surface area contributed by atoms with Gasteiger partial charge < -0.3 is 24.8 Å². The van der Waals surface area contributed by atoms with Gasteiger partial charge in [-0.3, -0.25) is 4.90 Å². The van der Waals surface area contributed by atoms with Crippen LogP contribution in [0.15, 0.2) is 48.7 Å². The maximum atomic E-state index is 12.8. The summed E-state index contributed by atoms with van der Waals surface area (Å²) in [6.07, 6.45) is 5.79. The molecule has 3 heterocycles. The average Bonchev–Trinajstić information content (AvgIpc) is 3.80. The van der Waals surface area contributed by atoms with Crippen molar-refractivity contribution >= 4 is 63.7 Å². The van der Waals surface area contributed by atoms with E-state index in [0.29, 0.717) is 6.54 Å². The number of nitrogens with zero attached hydrogens (tertiary/aromatic N) is 3. The fourth-order valence-electron chi connectivity index (χ4n) is 6.32. The molecule has 1 aliphatic carbocycles. The van der Waals surface area contributed by atoms with Gasteiger partial charge >= 0.3 is 12.2 Å². The Hall–Kier alpha value is -3.73. The number of aromatic amines is 2. The Labute approximate surface area is 315 Å². The summed E-state index contributed by atoms with van der Waals surface area (Å²) >= 11 is 0. The lowest BCUT2D eigenvalue weighted by Gasteiger charge is -2.27. The molecule has 2 amide bonds. The van der Waals surface area contributed by atoms with Gasteiger partial charge in [0.25, 0.3) is 0 Å². The summed E-state index contributed by atoms with van der Waals surface area (Å²) in [4.78, 5) is 43.3. The van der Waals surface area contributed by atoms with Gasteiger partial charge in [-0.15, -0.1) is 0 Å². The van der Waals surface area contributed by atoms with E-state index in [9.17, 15) is 9.59 Å². The quantitative estimate of drug-likeness (QED) is 0.183. The zero-order valence-corrected chi connectivity index (χ0v) is 32.6. The van der Waals surface area contributed by atoms with Crippen LogP contribution in [0.5, 0.6) is 0 Å². The molecule has 0 bridgehead atoms. The first-order chi connectivity index (χ1) is 22.3. The van der Waals surface area contributed by atoms with Crippen LogP contribution in [-0.4, -0.2) is 60.8 Å². The number of likely N-dealkylation sites (tertiary alicyclic amines) is 1. The van der Waals surface area contributed by atoms with E-state index in [1.165, 1.54) is 0 Å². The molecule has 6 rings (SSSR count). The number of nitrogens with one attached hydrogen (secondary N) is 3. The van der Waals surface area contributed by atoms with Crippen LogP contribution < -0.4 is 5.32 Å². The van der Waals surface area contributed by atoms with E-state index < -0.39 is 11.2 Å². The standard InChI is InChI=1S/C37H44N6O4.3H2S/c1-36(2,3)46-34(44)42-27-10-7-9-26(27)32-38-22-30(41-32)25-17-14-23(15-18-25)12-13-24-16-19-28-29(21-24)40-33(39-28)31-11-8-20-43(31)35(45)47-37(4,5)6;;;/h14-19,21-22,26-27,31H,7-11,20H2,1-6H3,(H,38,41)(H,39,40)(H,42,44);3*1H2/t26-,27-,31-;;;/m0.../s1. The van der Waals surface area contributed by atoms with Crippen molar-refractivity contribution in [1.29, 1.82) is 0 Å². The number of benzene rings is 2. The molecule has 13 heteroatoms. The van der Waals surface area contributed by atoms with Crippen molar-refractivity contribution in [3.8, 4) is 23.1 Å². The van der Waals surface area contributed by atoms with Crippen molar-refractivity contribution in [2.75, 3.05) is 6.54 Å². The topological polar surface area (TPSA) is 125 Å². The van der Waals surface area contributed by atoms with Crippen LogP contribution in [0, 0.1) is 11.8 Å². The Morgan fingerprint density at radius 1 is 0.840 bits per heavy atom. The first kappa shape index (κ1) is 40.7. The predicted octanol–water partition coefficient (Wildman–Crippen LogP) is 7.92. The van der Waals surface area contributed by atoms with Crippen LogP contribution in [0.2, 0.25) is 0 Å². The van der Waals surface area contributed by atoms with Gasteiger partial charge in [-0.1, -0.05) is 30.4 Å². The third-order valence-corrected chi connectivity index (χ3v) is 8.41. The second-order valence-corrected chi connectivity index (χ2v) is 14.5. The maximum absolute atomic E-state index is 12.8. The molecule has 2 aromatic heterocycles. The molecule has 50 heavy (non-hydrogen) atoms. The number of fused-ring (bicyclic) bond motifs is 1. The van der Waals surface area contributed by atoms with E-state index in [0.717, 1.165) is 77.2 Å². The van der Waals surface area contributed by atoms with Crippen molar-refractivity contribution < 1.29 is 19.1 Å². The summed E-state index contributed by atoms with van der Waals surface area (Å²) in [5.74, 6) is 8.31. The minimum Gasteiger partial charge on any atom is -0.444 e. The largest absolute Gasteiger partial charge is 0.444 e. The van der Waals surface area contributed by atoms with Gasteiger partial charge in [0, 0.05) is 29.6 Å². The SMILES string of the molecule is CC(C)(C)OC(=O)N[C@H]1CCC[C@@H]1c1ncc(-c2ccc(C#Cc3ccc4nc([C@@H]5CCCN5C(=O)OC(C)(C)C)[nH]c4c3)cc2)[nH]1.S.S.S. The normalized spacial score (nSPS) is 18.6. The van der Waals surface area contributed by atoms with Crippen molar-refractivity contribution in [2.24, 2.45) is 0 Å². The van der Waals surface area contributed by atoms with Gasteiger partial charge in [0.15, 0.2) is 0 Å². The van der Waals surface area contributed by atoms with Gasteiger partial charge in [-0.05, 0) is 103 Å². The van der Waals surface area contributed by atoms with Gasteiger partial charge in [-0.2, -0.15) is 40.5 Å². The monoisotopic (exact) mass is 738 g/mol. The maximum Gasteiger partial charge on any atom is 0.410 e.